The summed E-state index contributed by atoms with van der Waals surface area (Å²) in [6.07, 6.45) is 3.44. The van der Waals surface area contributed by atoms with Gasteiger partial charge in [-0.25, -0.2) is 4.39 Å². The minimum Gasteiger partial charge on any atom is -0.370 e. The summed E-state index contributed by atoms with van der Waals surface area (Å²) in [4.78, 5) is 8.91. The molecular formula is C17H24ClFN4. The van der Waals surface area contributed by atoms with Gasteiger partial charge in [-0.05, 0) is 56.5 Å². The summed E-state index contributed by atoms with van der Waals surface area (Å²) in [7, 11) is 4.07. The second-order valence-electron chi connectivity index (χ2n) is 6.69. The van der Waals surface area contributed by atoms with Gasteiger partial charge < -0.3 is 10.6 Å². The van der Waals surface area contributed by atoms with Crippen molar-refractivity contribution in [1.29, 1.82) is 0 Å². The Kier molecular flexibility index (Phi) is 4.78. The Morgan fingerprint density at radius 1 is 1.43 bits per heavy atom. The quantitative estimate of drug-likeness (QED) is 0.678. The maximum absolute atomic E-state index is 13.8. The lowest BCUT2D eigenvalue weighted by Crippen LogP contribution is -2.36. The fourth-order valence-corrected chi connectivity index (χ4v) is 3.53. The number of benzene rings is 1. The molecule has 1 aliphatic carbocycles. The highest BCUT2D eigenvalue weighted by Crippen LogP contribution is 2.37. The first-order valence-electron chi connectivity index (χ1n) is 8.15. The molecule has 2 fully saturated rings. The van der Waals surface area contributed by atoms with Crippen LogP contribution in [0.1, 0.15) is 30.9 Å². The topological polar surface area (TPSA) is 44.9 Å². The standard InChI is InChI=1S/C17H24ClFN4/c1-22-8-7-12(10-21-17(20)23(2)13-4-5-13)16(22)11-3-6-14(18)15(19)9-11/h3,6,9,12-13,16H,4-5,7-8,10H2,1-2H3,(H2,20,21)/t12-,16+/m0/s1. The first-order valence-corrected chi connectivity index (χ1v) is 8.53. The molecule has 2 aliphatic rings. The van der Waals surface area contributed by atoms with Crippen LogP contribution in [0.4, 0.5) is 4.39 Å². The summed E-state index contributed by atoms with van der Waals surface area (Å²) in [6, 6.07) is 5.81. The predicted molar refractivity (Wildman–Crippen MR) is 92.2 cm³/mol. The second kappa shape index (κ2) is 6.65. The molecule has 4 nitrogen and oxygen atoms in total. The van der Waals surface area contributed by atoms with Crippen molar-refractivity contribution < 1.29 is 4.39 Å². The highest BCUT2D eigenvalue weighted by molar-refractivity contribution is 6.30. The van der Waals surface area contributed by atoms with Gasteiger partial charge in [0.15, 0.2) is 5.96 Å². The number of aliphatic imine (C=N–C) groups is 1. The van der Waals surface area contributed by atoms with Gasteiger partial charge in [-0.15, -0.1) is 0 Å². The van der Waals surface area contributed by atoms with E-state index in [0.717, 1.165) is 18.5 Å². The third kappa shape index (κ3) is 3.61. The van der Waals surface area contributed by atoms with Gasteiger partial charge in [0.25, 0.3) is 0 Å². The first kappa shape index (κ1) is 16.5. The third-order valence-corrected chi connectivity index (χ3v) is 5.31. The van der Waals surface area contributed by atoms with Gasteiger partial charge in [0.1, 0.15) is 5.82 Å². The van der Waals surface area contributed by atoms with Gasteiger partial charge in [-0.3, -0.25) is 9.89 Å². The van der Waals surface area contributed by atoms with E-state index in [2.05, 4.69) is 21.8 Å². The highest BCUT2D eigenvalue weighted by Gasteiger charge is 2.33. The van der Waals surface area contributed by atoms with E-state index in [9.17, 15) is 4.39 Å². The average molecular weight is 339 g/mol. The number of rotatable bonds is 4. The number of halogens is 2. The Morgan fingerprint density at radius 3 is 2.83 bits per heavy atom. The van der Waals surface area contributed by atoms with Crippen LogP contribution in [-0.4, -0.2) is 49.0 Å². The van der Waals surface area contributed by atoms with Crippen LogP contribution in [0.3, 0.4) is 0 Å². The molecule has 0 amide bonds. The van der Waals surface area contributed by atoms with Crippen molar-refractivity contribution in [2.75, 3.05) is 27.2 Å². The minimum absolute atomic E-state index is 0.157. The van der Waals surface area contributed by atoms with E-state index in [0.29, 0.717) is 24.5 Å². The van der Waals surface area contributed by atoms with Crippen molar-refractivity contribution in [3.05, 3.63) is 34.6 Å². The third-order valence-electron chi connectivity index (χ3n) is 5.00. The van der Waals surface area contributed by atoms with E-state index < -0.39 is 0 Å². The van der Waals surface area contributed by atoms with Crippen molar-refractivity contribution in [2.45, 2.75) is 31.3 Å². The van der Waals surface area contributed by atoms with Crippen molar-refractivity contribution in [2.24, 2.45) is 16.6 Å². The fourth-order valence-electron chi connectivity index (χ4n) is 3.41. The second-order valence-corrected chi connectivity index (χ2v) is 7.10. The summed E-state index contributed by atoms with van der Waals surface area (Å²) in [6.45, 7) is 1.65. The Bertz CT molecular complexity index is 602. The summed E-state index contributed by atoms with van der Waals surface area (Å²) in [5.74, 6) is 0.592. The molecule has 3 rings (SSSR count). The first-order chi connectivity index (χ1) is 11.0. The smallest absolute Gasteiger partial charge is 0.191 e. The van der Waals surface area contributed by atoms with Crippen LogP contribution in [0, 0.1) is 11.7 Å². The van der Waals surface area contributed by atoms with Crippen LogP contribution in [0.15, 0.2) is 23.2 Å². The maximum Gasteiger partial charge on any atom is 0.191 e. The van der Waals surface area contributed by atoms with E-state index in [1.165, 1.54) is 12.8 Å². The summed E-state index contributed by atoms with van der Waals surface area (Å²) in [5.41, 5.74) is 7.04. The van der Waals surface area contributed by atoms with Gasteiger partial charge in [-0.2, -0.15) is 0 Å². The Labute approximate surface area is 142 Å². The Morgan fingerprint density at radius 2 is 2.17 bits per heavy atom. The molecule has 23 heavy (non-hydrogen) atoms. The van der Waals surface area contributed by atoms with Gasteiger partial charge >= 0.3 is 0 Å². The van der Waals surface area contributed by atoms with Crippen molar-refractivity contribution in [3.8, 4) is 0 Å². The Balaban J connectivity index is 1.72. The number of likely N-dealkylation sites (tertiary alicyclic amines) is 1. The van der Waals surface area contributed by atoms with Crippen molar-refractivity contribution in [3.63, 3.8) is 0 Å². The van der Waals surface area contributed by atoms with Gasteiger partial charge in [-0.1, -0.05) is 17.7 Å². The zero-order chi connectivity index (χ0) is 16.6. The average Bonchev–Trinajstić information content (AvgIpc) is 3.31. The summed E-state index contributed by atoms with van der Waals surface area (Å²) in [5, 5.41) is 0.166. The molecule has 0 bridgehead atoms. The Hall–Kier alpha value is -1.33. The zero-order valence-corrected chi connectivity index (χ0v) is 14.4. The van der Waals surface area contributed by atoms with E-state index in [-0.39, 0.29) is 16.9 Å². The summed E-state index contributed by atoms with van der Waals surface area (Å²) >= 11 is 5.80. The molecule has 0 radical (unpaired) electrons. The van der Waals surface area contributed by atoms with E-state index >= 15 is 0 Å². The lowest BCUT2D eigenvalue weighted by atomic mass is 9.94. The minimum atomic E-state index is -0.361. The molecule has 1 saturated carbocycles. The van der Waals surface area contributed by atoms with Crippen molar-refractivity contribution >= 4 is 17.6 Å². The number of nitrogens with zero attached hydrogens (tertiary/aromatic N) is 3. The van der Waals surface area contributed by atoms with Gasteiger partial charge in [0.05, 0.1) is 5.02 Å². The molecular weight excluding hydrogens is 315 g/mol. The van der Waals surface area contributed by atoms with Crippen LogP contribution < -0.4 is 5.73 Å². The van der Waals surface area contributed by atoms with Crippen LogP contribution >= 0.6 is 11.6 Å². The zero-order valence-electron chi connectivity index (χ0n) is 13.7. The molecule has 0 aromatic heterocycles. The van der Waals surface area contributed by atoms with Crippen molar-refractivity contribution in [1.82, 2.24) is 9.80 Å². The molecule has 1 aromatic rings. The molecule has 1 heterocycles. The van der Waals surface area contributed by atoms with E-state index in [1.807, 2.05) is 13.1 Å². The lowest BCUT2D eigenvalue weighted by Gasteiger charge is -2.25. The van der Waals surface area contributed by atoms with Gasteiger partial charge in [0.2, 0.25) is 0 Å². The molecule has 0 spiro atoms. The van der Waals surface area contributed by atoms with Gasteiger partial charge in [0, 0.05) is 25.7 Å². The molecule has 1 aromatic carbocycles. The SMILES string of the molecule is CN(C(N)=NC[C@@H]1CCN(C)[C@@H]1c1ccc(Cl)c(F)c1)C1CC1. The maximum atomic E-state index is 13.8. The monoisotopic (exact) mass is 338 g/mol. The normalized spacial score (nSPS) is 25.8. The number of nitrogens with two attached hydrogens (primary N) is 1. The largest absolute Gasteiger partial charge is 0.370 e. The number of hydrogen-bond acceptors (Lipinski definition) is 2. The molecule has 0 unspecified atom stereocenters. The van der Waals surface area contributed by atoms with E-state index in [1.54, 1.807) is 12.1 Å². The lowest BCUT2D eigenvalue weighted by molar-refractivity contribution is 0.279. The predicted octanol–water partition coefficient (Wildman–Crippen LogP) is 2.88. The van der Waals surface area contributed by atoms with Crippen LogP contribution in [0.2, 0.25) is 5.02 Å². The van der Waals surface area contributed by atoms with Crippen LogP contribution in [0.25, 0.3) is 0 Å². The molecule has 1 saturated heterocycles. The van der Waals surface area contributed by atoms with Crippen LogP contribution in [-0.2, 0) is 0 Å². The van der Waals surface area contributed by atoms with Crippen LogP contribution in [0.5, 0.6) is 0 Å². The molecule has 1 aliphatic heterocycles. The number of guanidine groups is 1. The highest BCUT2D eigenvalue weighted by atomic mass is 35.5. The fraction of sp³-hybridized carbons (Fsp3) is 0.588. The molecule has 6 heteroatoms. The molecule has 2 atom stereocenters. The summed E-state index contributed by atoms with van der Waals surface area (Å²) < 4.78 is 13.8. The number of hydrogen-bond donors (Lipinski definition) is 1. The molecule has 126 valence electrons. The van der Waals surface area contributed by atoms with E-state index in [4.69, 9.17) is 17.3 Å². The molecule has 2 N–H and O–H groups in total.